The number of carbonyl (C=O) groups excluding carboxylic acids is 1. The lowest BCUT2D eigenvalue weighted by Gasteiger charge is -2.03. The largest absolute Gasteiger partial charge is 0.321 e. The molecule has 2 heterocycles. The molecule has 122 valence electrons. The van der Waals surface area contributed by atoms with E-state index in [0.717, 1.165) is 16.8 Å². The predicted molar refractivity (Wildman–Crippen MR) is 100 cm³/mol. The van der Waals surface area contributed by atoms with Crippen LogP contribution in [0.1, 0.15) is 10.5 Å². The van der Waals surface area contributed by atoms with Crippen LogP contribution in [0, 0.1) is 0 Å². The predicted octanol–water partition coefficient (Wildman–Crippen LogP) is 4.91. The van der Waals surface area contributed by atoms with Crippen molar-refractivity contribution in [1.82, 2.24) is 9.38 Å². The van der Waals surface area contributed by atoms with Crippen molar-refractivity contribution in [2.45, 2.75) is 0 Å². The van der Waals surface area contributed by atoms with Crippen LogP contribution < -0.4 is 5.32 Å². The first-order valence-corrected chi connectivity index (χ1v) is 8.18. The Hall–Kier alpha value is -3.11. The van der Waals surface area contributed by atoms with E-state index in [4.69, 9.17) is 11.6 Å². The Morgan fingerprint density at radius 1 is 0.920 bits per heavy atom. The summed E-state index contributed by atoms with van der Waals surface area (Å²) in [7, 11) is 0. The number of pyridine rings is 1. The van der Waals surface area contributed by atoms with Crippen molar-refractivity contribution in [1.29, 1.82) is 0 Å². The van der Waals surface area contributed by atoms with Gasteiger partial charge >= 0.3 is 0 Å². The first-order valence-electron chi connectivity index (χ1n) is 7.80. The number of aromatic nitrogens is 2. The van der Waals surface area contributed by atoms with Gasteiger partial charge < -0.3 is 9.72 Å². The summed E-state index contributed by atoms with van der Waals surface area (Å²) < 4.78 is 1.84. The fourth-order valence-corrected chi connectivity index (χ4v) is 2.85. The number of imidazole rings is 1. The second-order valence-electron chi connectivity index (χ2n) is 5.64. The maximum absolute atomic E-state index is 12.4. The van der Waals surface area contributed by atoms with Crippen LogP contribution in [0.4, 0.5) is 5.69 Å². The highest BCUT2D eigenvalue weighted by atomic mass is 35.5. The third-order valence-electron chi connectivity index (χ3n) is 3.87. The Balaban J connectivity index is 1.65. The Morgan fingerprint density at radius 2 is 1.76 bits per heavy atom. The SMILES string of the molecule is O=C(Nc1ccccc1)c1cn2cc(-c3cccc(Cl)c3)ccc2n1. The molecule has 1 amide bonds. The summed E-state index contributed by atoms with van der Waals surface area (Å²) in [5, 5.41) is 3.53. The molecule has 0 saturated carbocycles. The molecule has 0 radical (unpaired) electrons. The lowest BCUT2D eigenvalue weighted by Crippen LogP contribution is -2.11. The maximum Gasteiger partial charge on any atom is 0.275 e. The molecule has 0 spiro atoms. The van der Waals surface area contributed by atoms with Gasteiger partial charge in [0.05, 0.1) is 0 Å². The normalized spacial score (nSPS) is 10.8. The fraction of sp³-hybridized carbons (Fsp3) is 0. The zero-order valence-corrected chi connectivity index (χ0v) is 13.9. The number of amides is 1. The number of nitrogens with one attached hydrogen (secondary N) is 1. The van der Waals surface area contributed by atoms with Gasteiger partial charge in [0.25, 0.3) is 5.91 Å². The molecule has 4 nitrogen and oxygen atoms in total. The highest BCUT2D eigenvalue weighted by molar-refractivity contribution is 6.30. The number of para-hydroxylation sites is 1. The van der Waals surface area contributed by atoms with E-state index >= 15 is 0 Å². The van der Waals surface area contributed by atoms with Gasteiger partial charge in [-0.3, -0.25) is 4.79 Å². The molecule has 25 heavy (non-hydrogen) atoms. The minimum atomic E-state index is -0.237. The van der Waals surface area contributed by atoms with E-state index in [0.29, 0.717) is 16.4 Å². The van der Waals surface area contributed by atoms with Gasteiger partial charge in [-0.25, -0.2) is 4.98 Å². The average molecular weight is 348 g/mol. The van der Waals surface area contributed by atoms with Gasteiger partial charge in [-0.05, 0) is 47.5 Å². The Labute approximate surface area is 149 Å². The van der Waals surface area contributed by atoms with Crippen LogP contribution in [0.15, 0.2) is 79.1 Å². The molecule has 0 atom stereocenters. The zero-order chi connectivity index (χ0) is 17.2. The second kappa shape index (κ2) is 6.42. The molecule has 2 aromatic carbocycles. The van der Waals surface area contributed by atoms with E-state index < -0.39 is 0 Å². The minimum absolute atomic E-state index is 0.237. The summed E-state index contributed by atoms with van der Waals surface area (Å²) in [4.78, 5) is 16.8. The first kappa shape index (κ1) is 15.4. The number of nitrogens with zero attached hydrogens (tertiary/aromatic N) is 2. The number of benzene rings is 2. The highest BCUT2D eigenvalue weighted by Gasteiger charge is 2.11. The number of carbonyl (C=O) groups is 1. The molecule has 0 unspecified atom stereocenters. The van der Waals surface area contributed by atoms with E-state index in [2.05, 4.69) is 10.3 Å². The molecule has 2 aromatic heterocycles. The second-order valence-corrected chi connectivity index (χ2v) is 6.08. The lowest BCUT2D eigenvalue weighted by atomic mass is 10.1. The van der Waals surface area contributed by atoms with E-state index in [1.54, 1.807) is 6.20 Å². The third kappa shape index (κ3) is 3.25. The van der Waals surface area contributed by atoms with Gasteiger partial charge in [0.2, 0.25) is 0 Å². The third-order valence-corrected chi connectivity index (χ3v) is 4.11. The van der Waals surface area contributed by atoms with Crippen molar-refractivity contribution in [3.8, 4) is 11.1 Å². The summed E-state index contributed by atoms with van der Waals surface area (Å²) in [5.74, 6) is -0.237. The summed E-state index contributed by atoms with van der Waals surface area (Å²) >= 11 is 6.06. The summed E-state index contributed by atoms with van der Waals surface area (Å²) in [5.41, 5.74) is 3.83. The average Bonchev–Trinajstić information content (AvgIpc) is 3.06. The molecule has 0 saturated heterocycles. The van der Waals surface area contributed by atoms with Crippen molar-refractivity contribution in [2.24, 2.45) is 0 Å². The van der Waals surface area contributed by atoms with E-state index in [9.17, 15) is 4.79 Å². The summed E-state index contributed by atoms with van der Waals surface area (Å²) in [6, 6.07) is 20.8. The minimum Gasteiger partial charge on any atom is -0.321 e. The van der Waals surface area contributed by atoms with Gasteiger partial charge in [0, 0.05) is 23.1 Å². The van der Waals surface area contributed by atoms with Gasteiger partial charge in [0.15, 0.2) is 0 Å². The van der Waals surface area contributed by atoms with Crippen LogP contribution in [0.3, 0.4) is 0 Å². The van der Waals surface area contributed by atoms with Crippen LogP contribution in [0.5, 0.6) is 0 Å². The van der Waals surface area contributed by atoms with Crippen LogP contribution in [0.2, 0.25) is 5.02 Å². The van der Waals surface area contributed by atoms with Crippen LogP contribution in [-0.4, -0.2) is 15.3 Å². The van der Waals surface area contributed by atoms with E-state index in [1.165, 1.54) is 0 Å². The summed E-state index contributed by atoms with van der Waals surface area (Å²) in [6.45, 7) is 0. The van der Waals surface area contributed by atoms with Gasteiger partial charge in [-0.1, -0.05) is 41.9 Å². The van der Waals surface area contributed by atoms with Crippen molar-refractivity contribution in [2.75, 3.05) is 5.32 Å². The number of fused-ring (bicyclic) bond motifs is 1. The smallest absolute Gasteiger partial charge is 0.275 e. The van der Waals surface area contributed by atoms with Crippen molar-refractivity contribution in [3.63, 3.8) is 0 Å². The van der Waals surface area contributed by atoms with Crippen molar-refractivity contribution >= 4 is 28.8 Å². The molecular formula is C20H14ClN3O. The Morgan fingerprint density at radius 3 is 2.56 bits per heavy atom. The molecule has 0 aliphatic rings. The standard InChI is InChI=1S/C20H14ClN3O/c21-16-6-4-5-14(11-16)15-9-10-19-23-18(13-24(19)12-15)20(25)22-17-7-2-1-3-8-17/h1-13H,(H,22,25). The highest BCUT2D eigenvalue weighted by Crippen LogP contribution is 2.23. The number of rotatable bonds is 3. The molecule has 0 bridgehead atoms. The van der Waals surface area contributed by atoms with Crippen molar-refractivity contribution < 1.29 is 4.79 Å². The molecule has 1 N–H and O–H groups in total. The monoisotopic (exact) mass is 347 g/mol. The van der Waals surface area contributed by atoms with Crippen LogP contribution in [-0.2, 0) is 0 Å². The molecule has 4 aromatic rings. The molecular weight excluding hydrogens is 334 g/mol. The first-order chi connectivity index (χ1) is 12.2. The zero-order valence-electron chi connectivity index (χ0n) is 13.2. The van der Waals surface area contributed by atoms with Crippen LogP contribution >= 0.6 is 11.6 Å². The van der Waals surface area contributed by atoms with Gasteiger partial charge in [0.1, 0.15) is 11.3 Å². The molecule has 0 aliphatic heterocycles. The molecule has 4 rings (SSSR count). The lowest BCUT2D eigenvalue weighted by molar-refractivity contribution is 0.102. The van der Waals surface area contributed by atoms with Gasteiger partial charge in [-0.15, -0.1) is 0 Å². The topological polar surface area (TPSA) is 46.4 Å². The molecule has 0 fully saturated rings. The molecule has 0 aliphatic carbocycles. The van der Waals surface area contributed by atoms with E-state index in [1.807, 2.05) is 77.3 Å². The number of hydrogen-bond acceptors (Lipinski definition) is 2. The van der Waals surface area contributed by atoms with E-state index in [-0.39, 0.29) is 5.91 Å². The Kier molecular flexibility index (Phi) is 3.96. The number of halogens is 1. The number of anilines is 1. The van der Waals surface area contributed by atoms with Crippen LogP contribution in [0.25, 0.3) is 16.8 Å². The number of hydrogen-bond donors (Lipinski definition) is 1. The Bertz CT molecular complexity index is 1060. The summed E-state index contributed by atoms with van der Waals surface area (Å²) in [6.07, 6.45) is 3.66. The maximum atomic E-state index is 12.4. The van der Waals surface area contributed by atoms with Gasteiger partial charge in [-0.2, -0.15) is 0 Å². The molecule has 5 heteroatoms. The van der Waals surface area contributed by atoms with Crippen molar-refractivity contribution in [3.05, 3.63) is 89.8 Å². The quantitative estimate of drug-likeness (QED) is 0.572. The fourth-order valence-electron chi connectivity index (χ4n) is 2.66.